The minimum atomic E-state index is 0.444. The molecular weight excluding hydrogens is 178 g/mol. The Morgan fingerprint density at radius 2 is 2.21 bits per heavy atom. The zero-order valence-electron chi connectivity index (χ0n) is 8.32. The average molecular weight is 193 g/mol. The van der Waals surface area contributed by atoms with E-state index in [1.807, 2.05) is 18.2 Å². The van der Waals surface area contributed by atoms with Crippen molar-refractivity contribution in [2.75, 3.05) is 12.8 Å². The van der Waals surface area contributed by atoms with E-state index in [0.29, 0.717) is 12.7 Å². The fourth-order valence-corrected chi connectivity index (χ4v) is 1.36. The first-order valence-electron chi connectivity index (χ1n) is 4.84. The Balaban J connectivity index is 2.11. The molecule has 0 unspecified atom stereocenters. The number of methoxy groups -OCH3 is 1. The first-order valence-corrected chi connectivity index (χ1v) is 4.84. The van der Waals surface area contributed by atoms with Crippen LogP contribution in [-0.4, -0.2) is 13.2 Å². The molecule has 3 nitrogen and oxygen atoms in total. The van der Waals surface area contributed by atoms with Crippen molar-refractivity contribution in [1.29, 1.82) is 0 Å². The van der Waals surface area contributed by atoms with Crippen molar-refractivity contribution in [2.45, 2.75) is 25.6 Å². The van der Waals surface area contributed by atoms with Crippen molar-refractivity contribution < 1.29 is 9.47 Å². The Labute approximate surface area is 83.8 Å². The predicted octanol–water partition coefficient (Wildman–Crippen LogP) is 1.96. The van der Waals surface area contributed by atoms with Crippen LogP contribution in [0.1, 0.15) is 18.4 Å². The molecule has 0 radical (unpaired) electrons. The third-order valence-electron chi connectivity index (χ3n) is 2.38. The second kappa shape index (κ2) is 3.88. The summed E-state index contributed by atoms with van der Waals surface area (Å²) in [5.41, 5.74) is 7.54. The van der Waals surface area contributed by atoms with E-state index in [4.69, 9.17) is 15.2 Å². The van der Waals surface area contributed by atoms with Gasteiger partial charge in [-0.2, -0.15) is 0 Å². The molecule has 14 heavy (non-hydrogen) atoms. The normalized spacial score (nSPS) is 15.5. The highest BCUT2D eigenvalue weighted by Crippen LogP contribution is 2.29. The monoisotopic (exact) mass is 193 g/mol. The number of benzene rings is 1. The minimum absolute atomic E-state index is 0.444. The summed E-state index contributed by atoms with van der Waals surface area (Å²) in [5.74, 6) is 0.811. The molecule has 1 saturated carbocycles. The lowest BCUT2D eigenvalue weighted by Gasteiger charge is -2.10. The van der Waals surface area contributed by atoms with E-state index in [-0.39, 0.29) is 0 Å². The van der Waals surface area contributed by atoms with Gasteiger partial charge in [0.1, 0.15) is 5.75 Å². The summed E-state index contributed by atoms with van der Waals surface area (Å²) in [6, 6.07) is 5.66. The first-order chi connectivity index (χ1) is 6.81. The number of nitrogens with two attached hydrogens (primary N) is 1. The minimum Gasteiger partial charge on any atom is -0.496 e. The molecule has 3 heteroatoms. The highest BCUT2D eigenvalue weighted by atomic mass is 16.5. The van der Waals surface area contributed by atoms with E-state index in [1.54, 1.807) is 7.11 Å². The van der Waals surface area contributed by atoms with Gasteiger partial charge in [-0.3, -0.25) is 0 Å². The summed E-state index contributed by atoms with van der Waals surface area (Å²) in [5, 5.41) is 0. The summed E-state index contributed by atoms with van der Waals surface area (Å²) in [7, 11) is 1.65. The molecule has 1 aromatic rings. The van der Waals surface area contributed by atoms with Crippen LogP contribution < -0.4 is 10.5 Å². The Morgan fingerprint density at radius 3 is 2.86 bits per heavy atom. The van der Waals surface area contributed by atoms with Crippen LogP contribution in [0, 0.1) is 0 Å². The summed E-state index contributed by atoms with van der Waals surface area (Å²) in [4.78, 5) is 0. The summed E-state index contributed by atoms with van der Waals surface area (Å²) < 4.78 is 10.8. The van der Waals surface area contributed by atoms with Crippen molar-refractivity contribution in [3.05, 3.63) is 23.8 Å². The fraction of sp³-hybridized carbons (Fsp3) is 0.455. The molecule has 0 atom stereocenters. The lowest BCUT2D eigenvalue weighted by molar-refractivity contribution is 0.105. The van der Waals surface area contributed by atoms with E-state index in [1.165, 1.54) is 12.8 Å². The van der Waals surface area contributed by atoms with Crippen LogP contribution >= 0.6 is 0 Å². The fourth-order valence-electron chi connectivity index (χ4n) is 1.36. The SMILES string of the molecule is COc1cccc(N)c1COC1CC1. The van der Waals surface area contributed by atoms with Crippen molar-refractivity contribution in [1.82, 2.24) is 0 Å². The van der Waals surface area contributed by atoms with Gasteiger partial charge in [0.2, 0.25) is 0 Å². The Morgan fingerprint density at radius 1 is 1.43 bits per heavy atom. The van der Waals surface area contributed by atoms with Crippen LogP contribution in [0.25, 0.3) is 0 Å². The predicted molar refractivity (Wildman–Crippen MR) is 55.2 cm³/mol. The molecule has 0 aliphatic heterocycles. The summed E-state index contributed by atoms with van der Waals surface area (Å²) in [6.45, 7) is 0.556. The molecule has 1 aliphatic carbocycles. The van der Waals surface area contributed by atoms with Gasteiger partial charge in [0, 0.05) is 11.3 Å². The maximum Gasteiger partial charge on any atom is 0.126 e. The van der Waals surface area contributed by atoms with Gasteiger partial charge >= 0.3 is 0 Å². The quantitative estimate of drug-likeness (QED) is 0.743. The number of nitrogen functional groups attached to an aromatic ring is 1. The van der Waals surface area contributed by atoms with E-state index >= 15 is 0 Å². The van der Waals surface area contributed by atoms with Crippen molar-refractivity contribution in [2.24, 2.45) is 0 Å². The Bertz CT molecular complexity index is 321. The van der Waals surface area contributed by atoms with Gasteiger partial charge in [0.05, 0.1) is 19.8 Å². The topological polar surface area (TPSA) is 44.5 Å². The molecule has 76 valence electrons. The zero-order valence-corrected chi connectivity index (χ0v) is 8.32. The Kier molecular flexibility index (Phi) is 2.59. The van der Waals surface area contributed by atoms with Gasteiger partial charge in [0.15, 0.2) is 0 Å². The van der Waals surface area contributed by atoms with Gasteiger partial charge in [-0.15, -0.1) is 0 Å². The third kappa shape index (κ3) is 1.99. The van der Waals surface area contributed by atoms with E-state index in [9.17, 15) is 0 Å². The molecule has 0 amide bonds. The van der Waals surface area contributed by atoms with Gasteiger partial charge in [0.25, 0.3) is 0 Å². The first kappa shape index (κ1) is 9.34. The van der Waals surface area contributed by atoms with Crippen LogP contribution in [-0.2, 0) is 11.3 Å². The smallest absolute Gasteiger partial charge is 0.126 e. The molecule has 2 rings (SSSR count). The Hall–Kier alpha value is -1.22. The van der Waals surface area contributed by atoms with Crippen molar-refractivity contribution >= 4 is 5.69 Å². The van der Waals surface area contributed by atoms with Crippen LogP contribution in [0.5, 0.6) is 5.75 Å². The highest BCUT2D eigenvalue weighted by Gasteiger charge is 2.22. The summed E-state index contributed by atoms with van der Waals surface area (Å²) >= 11 is 0. The maximum atomic E-state index is 5.84. The van der Waals surface area contributed by atoms with Crippen LogP contribution in [0.4, 0.5) is 5.69 Å². The molecule has 1 aliphatic rings. The largest absolute Gasteiger partial charge is 0.496 e. The lowest BCUT2D eigenvalue weighted by atomic mass is 10.1. The van der Waals surface area contributed by atoms with Crippen molar-refractivity contribution in [3.8, 4) is 5.75 Å². The molecule has 1 aromatic carbocycles. The lowest BCUT2D eigenvalue weighted by Crippen LogP contribution is -2.02. The van der Waals surface area contributed by atoms with Gasteiger partial charge in [-0.1, -0.05) is 6.07 Å². The number of hydrogen-bond acceptors (Lipinski definition) is 3. The molecule has 2 N–H and O–H groups in total. The standard InChI is InChI=1S/C11H15NO2/c1-13-11-4-2-3-10(12)9(11)7-14-8-5-6-8/h2-4,8H,5-7,12H2,1H3. The molecule has 1 fully saturated rings. The highest BCUT2D eigenvalue weighted by molar-refractivity contribution is 5.53. The van der Waals surface area contributed by atoms with Gasteiger partial charge in [-0.25, -0.2) is 0 Å². The molecular formula is C11H15NO2. The van der Waals surface area contributed by atoms with Crippen molar-refractivity contribution in [3.63, 3.8) is 0 Å². The van der Waals surface area contributed by atoms with E-state index in [2.05, 4.69) is 0 Å². The van der Waals surface area contributed by atoms with Gasteiger partial charge in [-0.05, 0) is 25.0 Å². The van der Waals surface area contributed by atoms with E-state index < -0.39 is 0 Å². The van der Waals surface area contributed by atoms with Crippen LogP contribution in [0.2, 0.25) is 0 Å². The number of anilines is 1. The molecule has 0 bridgehead atoms. The average Bonchev–Trinajstić information content (AvgIpc) is 2.99. The zero-order chi connectivity index (χ0) is 9.97. The molecule has 0 saturated heterocycles. The second-order valence-corrected chi connectivity index (χ2v) is 3.54. The van der Waals surface area contributed by atoms with E-state index in [0.717, 1.165) is 17.0 Å². The van der Waals surface area contributed by atoms with Gasteiger partial charge < -0.3 is 15.2 Å². The van der Waals surface area contributed by atoms with Crippen LogP contribution in [0.3, 0.4) is 0 Å². The summed E-state index contributed by atoms with van der Waals surface area (Å²) in [6.07, 6.45) is 2.80. The number of hydrogen-bond donors (Lipinski definition) is 1. The number of ether oxygens (including phenoxy) is 2. The third-order valence-corrected chi connectivity index (χ3v) is 2.38. The second-order valence-electron chi connectivity index (χ2n) is 3.54. The molecule has 0 heterocycles. The molecule has 0 aromatic heterocycles. The van der Waals surface area contributed by atoms with Crippen LogP contribution in [0.15, 0.2) is 18.2 Å². The number of rotatable bonds is 4. The molecule has 0 spiro atoms. The maximum absolute atomic E-state index is 5.84.